The zero-order valence-corrected chi connectivity index (χ0v) is 14.1. The van der Waals surface area contributed by atoms with Gasteiger partial charge in [-0.2, -0.15) is 0 Å². The van der Waals surface area contributed by atoms with Gasteiger partial charge in [0.2, 0.25) is 0 Å². The van der Waals surface area contributed by atoms with Gasteiger partial charge in [0.25, 0.3) is 0 Å². The molecule has 23 heavy (non-hydrogen) atoms. The molecule has 0 N–H and O–H groups in total. The first kappa shape index (κ1) is 14.6. The number of amides is 1. The van der Waals surface area contributed by atoms with Crippen LogP contribution < -0.4 is 4.90 Å². The fourth-order valence-electron chi connectivity index (χ4n) is 3.35. The summed E-state index contributed by atoms with van der Waals surface area (Å²) in [5, 5.41) is 1.20. The van der Waals surface area contributed by atoms with Gasteiger partial charge in [-0.1, -0.05) is 6.07 Å². The Bertz CT molecular complexity index is 780. The third-order valence-electron chi connectivity index (χ3n) is 4.65. The molecule has 3 heterocycles. The second-order valence-electron chi connectivity index (χ2n) is 6.05. The lowest BCUT2D eigenvalue weighted by Gasteiger charge is -2.36. The number of nitrogens with zero attached hydrogens (tertiary/aromatic N) is 3. The number of rotatable bonds is 2. The minimum absolute atomic E-state index is 0.145. The van der Waals surface area contributed by atoms with Gasteiger partial charge in [0.15, 0.2) is 0 Å². The van der Waals surface area contributed by atoms with Gasteiger partial charge >= 0.3 is 6.09 Å². The van der Waals surface area contributed by atoms with Gasteiger partial charge in [0.05, 0.1) is 11.6 Å². The number of pyridine rings is 1. The van der Waals surface area contributed by atoms with E-state index in [2.05, 4.69) is 42.3 Å². The molecule has 2 fully saturated rings. The molecule has 6 heteroatoms. The number of hydrogen-bond acceptors (Lipinski definition) is 5. The maximum absolute atomic E-state index is 11.6. The number of carbonyl (C=O) groups is 1. The van der Waals surface area contributed by atoms with Crippen molar-refractivity contribution in [3.05, 3.63) is 29.8 Å². The van der Waals surface area contributed by atoms with E-state index in [1.54, 1.807) is 11.8 Å². The molecule has 0 spiro atoms. The molecular weight excluding hydrogens is 310 g/mol. The number of thioether (sulfide) groups is 1. The quantitative estimate of drug-likeness (QED) is 0.793. The lowest BCUT2D eigenvalue weighted by molar-refractivity contribution is 0.157. The molecule has 0 radical (unpaired) electrons. The molecule has 1 aromatic carbocycles. The topological polar surface area (TPSA) is 45.7 Å². The highest BCUT2D eigenvalue weighted by Gasteiger charge is 2.37. The molecule has 5 nitrogen and oxygen atoms in total. The van der Waals surface area contributed by atoms with Crippen LogP contribution >= 0.6 is 11.8 Å². The minimum atomic E-state index is -0.179. The van der Waals surface area contributed by atoms with Crippen molar-refractivity contribution >= 4 is 34.6 Å². The third kappa shape index (κ3) is 2.51. The Morgan fingerprint density at radius 1 is 1.30 bits per heavy atom. The van der Waals surface area contributed by atoms with Gasteiger partial charge in [-0.25, -0.2) is 9.78 Å². The summed E-state index contributed by atoms with van der Waals surface area (Å²) in [5.41, 5.74) is 2.27. The smallest absolute Gasteiger partial charge is 0.410 e. The SMILES string of the molecule is CSc1ccc2c(C)cc(N3CCN4C(=O)OCC4C3)nc2c1. The molecular formula is C17H19N3O2S. The van der Waals surface area contributed by atoms with Crippen LogP contribution in [-0.4, -0.2) is 54.5 Å². The summed E-state index contributed by atoms with van der Waals surface area (Å²) in [6.07, 6.45) is 1.90. The van der Waals surface area contributed by atoms with Crippen molar-refractivity contribution in [2.45, 2.75) is 17.9 Å². The summed E-state index contributed by atoms with van der Waals surface area (Å²) < 4.78 is 5.15. The Morgan fingerprint density at radius 2 is 2.17 bits per heavy atom. The number of anilines is 1. The summed E-state index contributed by atoms with van der Waals surface area (Å²) in [6.45, 7) is 4.90. The van der Waals surface area contributed by atoms with E-state index in [9.17, 15) is 4.79 Å². The van der Waals surface area contributed by atoms with E-state index in [0.717, 1.165) is 24.4 Å². The Hall–Kier alpha value is -1.95. The average molecular weight is 329 g/mol. The van der Waals surface area contributed by atoms with Crippen LogP contribution in [0.5, 0.6) is 0 Å². The maximum atomic E-state index is 11.6. The molecule has 4 rings (SSSR count). The van der Waals surface area contributed by atoms with Crippen molar-refractivity contribution in [2.75, 3.05) is 37.4 Å². The summed E-state index contributed by atoms with van der Waals surface area (Å²) in [5.74, 6) is 0.993. The first-order chi connectivity index (χ1) is 11.2. The second-order valence-corrected chi connectivity index (χ2v) is 6.93. The summed E-state index contributed by atoms with van der Waals surface area (Å²) >= 11 is 1.73. The van der Waals surface area contributed by atoms with Gasteiger partial charge in [-0.05, 0) is 36.9 Å². The number of hydrogen-bond donors (Lipinski definition) is 0. The number of aryl methyl sites for hydroxylation is 1. The Kier molecular flexibility index (Phi) is 3.56. The Labute approximate surface area is 139 Å². The van der Waals surface area contributed by atoms with E-state index in [1.807, 2.05) is 4.90 Å². The van der Waals surface area contributed by atoms with Gasteiger partial charge in [-0.15, -0.1) is 11.8 Å². The molecule has 2 saturated heterocycles. The predicted molar refractivity (Wildman–Crippen MR) is 92.3 cm³/mol. The fraction of sp³-hybridized carbons (Fsp3) is 0.412. The summed E-state index contributed by atoms with van der Waals surface area (Å²) in [6, 6.07) is 8.73. The van der Waals surface area contributed by atoms with Crippen molar-refractivity contribution in [1.82, 2.24) is 9.88 Å². The third-order valence-corrected chi connectivity index (χ3v) is 5.38. The predicted octanol–water partition coefficient (Wildman–Crippen LogP) is 2.91. The molecule has 2 aromatic rings. The molecule has 1 amide bonds. The number of aromatic nitrogens is 1. The molecule has 0 aliphatic carbocycles. The van der Waals surface area contributed by atoms with Gasteiger partial charge in [0, 0.05) is 29.9 Å². The van der Waals surface area contributed by atoms with Crippen LogP contribution in [0.3, 0.4) is 0 Å². The van der Waals surface area contributed by atoms with E-state index in [0.29, 0.717) is 13.2 Å². The van der Waals surface area contributed by atoms with Gasteiger partial charge < -0.3 is 9.64 Å². The summed E-state index contributed by atoms with van der Waals surface area (Å²) in [4.78, 5) is 21.8. The molecule has 1 atom stereocenters. The standard InChI is InChI=1S/C17H19N3O2S/c1-11-7-16(18-15-8-13(23-2)3-4-14(11)15)19-5-6-20-12(9-19)10-22-17(20)21/h3-4,7-8,12H,5-6,9-10H2,1-2H3. The highest BCUT2D eigenvalue weighted by atomic mass is 32.2. The van der Waals surface area contributed by atoms with Crippen LogP contribution in [0, 0.1) is 6.92 Å². The number of cyclic esters (lactones) is 1. The number of ether oxygens (including phenoxy) is 1. The van der Waals surface area contributed by atoms with Crippen LogP contribution in [-0.2, 0) is 4.74 Å². The van der Waals surface area contributed by atoms with Crippen LogP contribution in [0.15, 0.2) is 29.2 Å². The normalized spacial score (nSPS) is 20.8. The van der Waals surface area contributed by atoms with Crippen molar-refractivity contribution in [3.8, 4) is 0 Å². The Morgan fingerprint density at radius 3 is 3.00 bits per heavy atom. The largest absolute Gasteiger partial charge is 0.447 e. The number of piperazine rings is 1. The van der Waals surface area contributed by atoms with Crippen LogP contribution in [0.2, 0.25) is 0 Å². The van der Waals surface area contributed by atoms with Gasteiger partial charge in [-0.3, -0.25) is 4.90 Å². The molecule has 0 saturated carbocycles. The van der Waals surface area contributed by atoms with E-state index in [1.165, 1.54) is 15.8 Å². The van der Waals surface area contributed by atoms with Crippen LogP contribution in [0.4, 0.5) is 10.6 Å². The van der Waals surface area contributed by atoms with Crippen molar-refractivity contribution in [2.24, 2.45) is 0 Å². The van der Waals surface area contributed by atoms with Crippen LogP contribution in [0.1, 0.15) is 5.56 Å². The van der Waals surface area contributed by atoms with E-state index < -0.39 is 0 Å². The molecule has 2 aliphatic heterocycles. The monoisotopic (exact) mass is 329 g/mol. The number of benzene rings is 1. The van der Waals surface area contributed by atoms with Crippen molar-refractivity contribution in [3.63, 3.8) is 0 Å². The number of carbonyl (C=O) groups excluding carboxylic acids is 1. The maximum Gasteiger partial charge on any atom is 0.410 e. The first-order valence-electron chi connectivity index (χ1n) is 7.79. The highest BCUT2D eigenvalue weighted by Crippen LogP contribution is 2.28. The second kappa shape index (κ2) is 5.60. The first-order valence-corrected chi connectivity index (χ1v) is 9.02. The summed E-state index contributed by atoms with van der Waals surface area (Å²) in [7, 11) is 0. The molecule has 120 valence electrons. The molecule has 0 bridgehead atoms. The fourth-order valence-corrected chi connectivity index (χ4v) is 3.78. The van der Waals surface area contributed by atoms with E-state index in [-0.39, 0.29) is 12.1 Å². The molecule has 2 aliphatic rings. The average Bonchev–Trinajstić information content (AvgIpc) is 2.95. The lowest BCUT2D eigenvalue weighted by atomic mass is 10.1. The molecule has 1 unspecified atom stereocenters. The van der Waals surface area contributed by atoms with E-state index in [4.69, 9.17) is 9.72 Å². The zero-order chi connectivity index (χ0) is 16.0. The Balaban J connectivity index is 1.67. The van der Waals surface area contributed by atoms with E-state index >= 15 is 0 Å². The molecule has 1 aromatic heterocycles. The van der Waals surface area contributed by atoms with Crippen molar-refractivity contribution in [1.29, 1.82) is 0 Å². The minimum Gasteiger partial charge on any atom is -0.447 e. The zero-order valence-electron chi connectivity index (χ0n) is 13.3. The van der Waals surface area contributed by atoms with Crippen LogP contribution in [0.25, 0.3) is 10.9 Å². The van der Waals surface area contributed by atoms with Gasteiger partial charge in [0.1, 0.15) is 12.4 Å². The number of fused-ring (bicyclic) bond motifs is 2. The van der Waals surface area contributed by atoms with Crippen molar-refractivity contribution < 1.29 is 9.53 Å². The lowest BCUT2D eigenvalue weighted by Crippen LogP contribution is -2.52. The highest BCUT2D eigenvalue weighted by molar-refractivity contribution is 7.98.